The molecule has 2 rings (SSSR count). The summed E-state index contributed by atoms with van der Waals surface area (Å²) in [6, 6.07) is 9.81. The van der Waals surface area contributed by atoms with Gasteiger partial charge in [-0.15, -0.1) is 0 Å². The van der Waals surface area contributed by atoms with E-state index >= 15 is 0 Å². The van der Waals surface area contributed by atoms with Crippen LogP contribution in [0.1, 0.15) is 18.1 Å². The average Bonchev–Trinajstić information content (AvgIpc) is 2.18. The fourth-order valence-corrected chi connectivity index (χ4v) is 3.73. The van der Waals surface area contributed by atoms with E-state index in [-0.39, 0.29) is 6.10 Å². The Morgan fingerprint density at radius 3 is 2.71 bits per heavy atom. The maximum absolute atomic E-state index is 11.6. The highest BCUT2D eigenvalue weighted by Gasteiger charge is 2.31. The van der Waals surface area contributed by atoms with Crippen LogP contribution in [0, 0.1) is 0 Å². The quantitative estimate of drug-likeness (QED) is 0.584. The van der Waals surface area contributed by atoms with Gasteiger partial charge >= 0.3 is 5.24 Å². The standard InChI is InChI=1S/C9H10IO3P/c10-14(11)12-7-6-9(13-14)8-4-2-1-3-5-8/h1-5,9H,6-7H2/t9-,14?/m0/s1. The Morgan fingerprint density at radius 2 is 2.07 bits per heavy atom. The van der Waals surface area contributed by atoms with Crippen LogP contribution in [-0.4, -0.2) is 6.61 Å². The smallest absolute Gasteiger partial charge is 0.301 e. The summed E-state index contributed by atoms with van der Waals surface area (Å²) in [7, 11) is 0. The highest BCUT2D eigenvalue weighted by atomic mass is 127. The van der Waals surface area contributed by atoms with Gasteiger partial charge < -0.3 is 4.52 Å². The van der Waals surface area contributed by atoms with Crippen molar-refractivity contribution >= 4 is 27.3 Å². The summed E-state index contributed by atoms with van der Waals surface area (Å²) >= 11 is 1.74. The Balaban J connectivity index is 2.16. The molecule has 2 atom stereocenters. The summed E-state index contributed by atoms with van der Waals surface area (Å²) in [4.78, 5) is 0. The van der Waals surface area contributed by atoms with E-state index in [1.54, 1.807) is 22.0 Å². The van der Waals surface area contributed by atoms with Crippen molar-refractivity contribution in [3.8, 4) is 0 Å². The fourth-order valence-electron chi connectivity index (χ4n) is 1.40. The van der Waals surface area contributed by atoms with Crippen LogP contribution in [0.25, 0.3) is 0 Å². The first kappa shape index (κ1) is 10.6. The molecule has 1 fully saturated rings. The lowest BCUT2D eigenvalue weighted by atomic mass is 10.1. The van der Waals surface area contributed by atoms with Crippen molar-refractivity contribution in [3.63, 3.8) is 0 Å². The van der Waals surface area contributed by atoms with Crippen LogP contribution in [0.3, 0.4) is 0 Å². The Labute approximate surface area is 95.8 Å². The van der Waals surface area contributed by atoms with Crippen LogP contribution in [0.2, 0.25) is 0 Å². The number of hydrogen-bond donors (Lipinski definition) is 0. The van der Waals surface area contributed by atoms with Gasteiger partial charge in [0.2, 0.25) is 0 Å². The molecule has 1 heterocycles. The predicted molar refractivity (Wildman–Crippen MR) is 62.5 cm³/mol. The van der Waals surface area contributed by atoms with Crippen molar-refractivity contribution in [2.45, 2.75) is 12.5 Å². The van der Waals surface area contributed by atoms with Crippen molar-refractivity contribution < 1.29 is 13.6 Å². The molecular formula is C9H10IO3P. The Bertz CT molecular complexity index is 354. The second-order valence-corrected chi connectivity index (χ2v) is 7.93. The SMILES string of the molecule is O=P1(I)OCC[C@@H](c2ccccc2)O1. The van der Waals surface area contributed by atoms with Crippen molar-refractivity contribution in [1.82, 2.24) is 0 Å². The molecule has 3 nitrogen and oxygen atoms in total. The Kier molecular flexibility index (Phi) is 3.27. The van der Waals surface area contributed by atoms with E-state index in [0.29, 0.717) is 6.61 Å². The first-order chi connectivity index (χ1) is 6.67. The molecule has 1 aromatic rings. The molecular weight excluding hydrogens is 314 g/mol. The fraction of sp³-hybridized carbons (Fsp3) is 0.333. The van der Waals surface area contributed by atoms with E-state index in [2.05, 4.69) is 0 Å². The summed E-state index contributed by atoms with van der Waals surface area (Å²) in [5, 5.41) is -2.84. The van der Waals surface area contributed by atoms with Gasteiger partial charge in [0.05, 0.1) is 34.8 Å². The first-order valence-corrected chi connectivity index (χ1v) is 8.68. The molecule has 0 saturated carbocycles. The molecule has 14 heavy (non-hydrogen) atoms. The second-order valence-electron chi connectivity index (χ2n) is 3.06. The molecule has 0 spiro atoms. The van der Waals surface area contributed by atoms with E-state index in [1.165, 1.54) is 0 Å². The van der Waals surface area contributed by atoms with Crippen LogP contribution in [0.5, 0.6) is 0 Å². The van der Waals surface area contributed by atoms with Gasteiger partial charge in [0, 0.05) is 6.42 Å². The van der Waals surface area contributed by atoms with Crippen LogP contribution < -0.4 is 0 Å². The summed E-state index contributed by atoms with van der Waals surface area (Å²) in [6.45, 7) is 0.500. The molecule has 0 aliphatic carbocycles. The number of halogens is 1. The van der Waals surface area contributed by atoms with Crippen LogP contribution in [0.15, 0.2) is 30.3 Å². The Hall–Kier alpha value is 0.1000. The van der Waals surface area contributed by atoms with Gasteiger partial charge in [-0.3, -0.25) is 4.52 Å². The average molecular weight is 324 g/mol. The van der Waals surface area contributed by atoms with E-state index in [0.717, 1.165) is 12.0 Å². The molecule has 0 amide bonds. The topological polar surface area (TPSA) is 35.5 Å². The minimum atomic E-state index is -2.84. The summed E-state index contributed by atoms with van der Waals surface area (Å²) in [6.07, 6.45) is 0.671. The molecule has 1 aliphatic heterocycles. The molecule has 76 valence electrons. The van der Waals surface area contributed by atoms with Gasteiger partial charge in [-0.1, -0.05) is 30.3 Å². The molecule has 1 saturated heterocycles. The predicted octanol–water partition coefficient (Wildman–Crippen LogP) is 3.71. The van der Waals surface area contributed by atoms with Crippen molar-refractivity contribution in [2.24, 2.45) is 0 Å². The number of benzene rings is 1. The molecule has 5 heteroatoms. The molecule has 1 aliphatic rings. The largest absolute Gasteiger partial charge is 0.389 e. The van der Waals surface area contributed by atoms with Crippen LogP contribution >= 0.6 is 27.3 Å². The lowest BCUT2D eigenvalue weighted by molar-refractivity contribution is 0.0946. The molecule has 1 aromatic carbocycles. The Morgan fingerprint density at radius 1 is 1.36 bits per heavy atom. The van der Waals surface area contributed by atoms with Crippen LogP contribution in [0.4, 0.5) is 0 Å². The van der Waals surface area contributed by atoms with E-state index in [9.17, 15) is 4.57 Å². The number of rotatable bonds is 1. The molecule has 1 unspecified atom stereocenters. The summed E-state index contributed by atoms with van der Waals surface area (Å²) < 4.78 is 22.0. The highest BCUT2D eigenvalue weighted by Crippen LogP contribution is 2.62. The van der Waals surface area contributed by atoms with Crippen molar-refractivity contribution in [1.29, 1.82) is 0 Å². The summed E-state index contributed by atoms with van der Waals surface area (Å²) in [5.41, 5.74) is 1.06. The van der Waals surface area contributed by atoms with E-state index < -0.39 is 5.24 Å². The molecule has 0 N–H and O–H groups in total. The van der Waals surface area contributed by atoms with Gasteiger partial charge in [-0.05, 0) is 5.56 Å². The van der Waals surface area contributed by atoms with Gasteiger partial charge in [-0.25, -0.2) is 4.57 Å². The van der Waals surface area contributed by atoms with Gasteiger partial charge in [0.15, 0.2) is 0 Å². The van der Waals surface area contributed by atoms with Gasteiger partial charge in [-0.2, -0.15) is 0 Å². The van der Waals surface area contributed by atoms with Crippen molar-refractivity contribution in [3.05, 3.63) is 35.9 Å². The maximum atomic E-state index is 11.6. The zero-order chi connectivity index (χ0) is 10.0. The summed E-state index contributed by atoms with van der Waals surface area (Å²) in [5.74, 6) is 0. The van der Waals surface area contributed by atoms with E-state index in [1.807, 2.05) is 30.3 Å². The first-order valence-electron chi connectivity index (χ1n) is 4.35. The number of hydrogen-bond acceptors (Lipinski definition) is 3. The molecule has 0 radical (unpaired) electrons. The maximum Gasteiger partial charge on any atom is 0.389 e. The van der Waals surface area contributed by atoms with Gasteiger partial charge in [0.25, 0.3) is 0 Å². The van der Waals surface area contributed by atoms with Crippen molar-refractivity contribution in [2.75, 3.05) is 6.61 Å². The zero-order valence-corrected chi connectivity index (χ0v) is 10.5. The third kappa shape index (κ3) is 2.57. The zero-order valence-electron chi connectivity index (χ0n) is 7.43. The van der Waals surface area contributed by atoms with E-state index in [4.69, 9.17) is 9.05 Å². The monoisotopic (exact) mass is 324 g/mol. The lowest BCUT2D eigenvalue weighted by Gasteiger charge is -2.26. The lowest BCUT2D eigenvalue weighted by Crippen LogP contribution is -2.11. The molecule has 0 aromatic heterocycles. The second kappa shape index (κ2) is 4.31. The minimum Gasteiger partial charge on any atom is -0.301 e. The third-order valence-electron chi connectivity index (χ3n) is 2.05. The highest BCUT2D eigenvalue weighted by molar-refractivity contribution is 14.2. The third-order valence-corrected chi connectivity index (χ3v) is 4.57. The molecule has 0 bridgehead atoms. The minimum absolute atomic E-state index is 0.0901. The van der Waals surface area contributed by atoms with Crippen LogP contribution in [-0.2, 0) is 13.6 Å². The van der Waals surface area contributed by atoms with Gasteiger partial charge in [0.1, 0.15) is 0 Å². The normalized spacial score (nSPS) is 32.8.